The highest BCUT2D eigenvalue weighted by Crippen LogP contribution is 2.29. The monoisotopic (exact) mass is 327 g/mol. The molecule has 0 aliphatic carbocycles. The van der Waals surface area contributed by atoms with Crippen molar-refractivity contribution >= 4 is 24.0 Å². The molecular weight excluding hydrogens is 297 g/mol. The second-order valence-electron chi connectivity index (χ2n) is 4.54. The Morgan fingerprint density at radius 1 is 1.00 bits per heavy atom. The van der Waals surface area contributed by atoms with Crippen LogP contribution < -0.4 is 5.73 Å². The zero-order chi connectivity index (χ0) is 11.0. The molecular formula is C13H30IN. The third kappa shape index (κ3) is 6.10. The first-order valence-corrected chi connectivity index (χ1v) is 6.43. The van der Waals surface area contributed by atoms with E-state index in [4.69, 9.17) is 5.73 Å². The lowest BCUT2D eigenvalue weighted by molar-refractivity contribution is 0.225. The number of rotatable bonds is 8. The first-order valence-electron chi connectivity index (χ1n) is 6.43. The van der Waals surface area contributed by atoms with Crippen LogP contribution in [0.25, 0.3) is 0 Å². The van der Waals surface area contributed by atoms with Gasteiger partial charge in [-0.15, -0.1) is 24.0 Å². The van der Waals surface area contributed by atoms with Crippen LogP contribution in [0.3, 0.4) is 0 Å². The van der Waals surface area contributed by atoms with Gasteiger partial charge in [-0.25, -0.2) is 0 Å². The van der Waals surface area contributed by atoms with E-state index in [1.807, 2.05) is 0 Å². The van der Waals surface area contributed by atoms with Crippen LogP contribution in [0.2, 0.25) is 0 Å². The Kier molecular flexibility index (Phi) is 11.9. The summed E-state index contributed by atoms with van der Waals surface area (Å²) in [6.07, 6.45) is 8.83. The lowest BCUT2D eigenvalue weighted by Crippen LogP contribution is -2.45. The smallest absolute Gasteiger partial charge is 0.0177 e. The molecule has 0 bridgehead atoms. The summed E-state index contributed by atoms with van der Waals surface area (Å²) in [5.41, 5.74) is 6.53. The molecule has 0 rings (SSSR count). The van der Waals surface area contributed by atoms with Gasteiger partial charge in [-0.2, -0.15) is 0 Å². The summed E-state index contributed by atoms with van der Waals surface area (Å²) < 4.78 is 0. The van der Waals surface area contributed by atoms with Gasteiger partial charge < -0.3 is 5.73 Å². The first-order chi connectivity index (χ1) is 6.64. The molecule has 0 heterocycles. The van der Waals surface area contributed by atoms with Crippen LogP contribution in [-0.2, 0) is 0 Å². The predicted molar refractivity (Wildman–Crippen MR) is 80.8 cm³/mol. The molecule has 94 valence electrons. The average Bonchev–Trinajstić information content (AvgIpc) is 2.23. The molecule has 0 saturated carbocycles. The lowest BCUT2D eigenvalue weighted by Gasteiger charge is -2.36. The third-order valence-electron chi connectivity index (χ3n) is 3.78. The first kappa shape index (κ1) is 18.1. The van der Waals surface area contributed by atoms with Crippen molar-refractivity contribution in [1.29, 1.82) is 0 Å². The van der Waals surface area contributed by atoms with E-state index in [0.29, 0.717) is 0 Å². The summed E-state index contributed by atoms with van der Waals surface area (Å²) in [5.74, 6) is 0.726. The largest absolute Gasteiger partial charge is 0.325 e. The minimum Gasteiger partial charge on any atom is -0.325 e. The molecule has 1 unspecified atom stereocenters. The molecule has 0 saturated heterocycles. The SMILES string of the molecule is CCCCCC(CC)C(N)(CC)CC.I. The normalized spacial score (nSPS) is 13.4. The molecule has 0 aliphatic heterocycles. The van der Waals surface area contributed by atoms with Gasteiger partial charge in [0.1, 0.15) is 0 Å². The van der Waals surface area contributed by atoms with Gasteiger partial charge in [0, 0.05) is 5.54 Å². The summed E-state index contributed by atoms with van der Waals surface area (Å²) >= 11 is 0. The third-order valence-corrected chi connectivity index (χ3v) is 3.78. The number of unbranched alkanes of at least 4 members (excludes halogenated alkanes) is 2. The zero-order valence-electron chi connectivity index (χ0n) is 11.0. The second-order valence-corrected chi connectivity index (χ2v) is 4.54. The highest BCUT2D eigenvalue weighted by Gasteiger charge is 2.29. The summed E-state index contributed by atoms with van der Waals surface area (Å²) in [5, 5.41) is 0. The predicted octanol–water partition coefficient (Wildman–Crippen LogP) is 4.73. The van der Waals surface area contributed by atoms with Crippen molar-refractivity contribution in [2.24, 2.45) is 11.7 Å². The van der Waals surface area contributed by atoms with Gasteiger partial charge in [0.15, 0.2) is 0 Å². The quantitative estimate of drug-likeness (QED) is 0.506. The van der Waals surface area contributed by atoms with E-state index in [9.17, 15) is 0 Å². The molecule has 2 N–H and O–H groups in total. The van der Waals surface area contributed by atoms with E-state index in [1.165, 1.54) is 32.1 Å². The van der Waals surface area contributed by atoms with Gasteiger partial charge in [-0.3, -0.25) is 0 Å². The van der Waals surface area contributed by atoms with Crippen LogP contribution in [0.5, 0.6) is 0 Å². The Balaban J connectivity index is 0. The maximum Gasteiger partial charge on any atom is 0.0177 e. The van der Waals surface area contributed by atoms with E-state index in [0.717, 1.165) is 18.8 Å². The molecule has 0 aromatic heterocycles. The fourth-order valence-corrected chi connectivity index (χ4v) is 2.37. The number of nitrogens with two attached hydrogens (primary N) is 1. The highest BCUT2D eigenvalue weighted by atomic mass is 127. The van der Waals surface area contributed by atoms with Gasteiger partial charge >= 0.3 is 0 Å². The molecule has 1 atom stereocenters. The second kappa shape index (κ2) is 9.88. The van der Waals surface area contributed by atoms with Crippen molar-refractivity contribution in [2.45, 2.75) is 78.2 Å². The van der Waals surface area contributed by atoms with Crippen LogP contribution in [0, 0.1) is 5.92 Å². The minimum atomic E-state index is 0. The summed E-state index contributed by atoms with van der Waals surface area (Å²) in [7, 11) is 0. The summed E-state index contributed by atoms with van der Waals surface area (Å²) in [6.45, 7) is 9.00. The Labute approximate surface area is 114 Å². The van der Waals surface area contributed by atoms with Crippen molar-refractivity contribution in [3.05, 3.63) is 0 Å². The molecule has 0 aromatic rings. The van der Waals surface area contributed by atoms with Crippen LogP contribution in [0.4, 0.5) is 0 Å². The van der Waals surface area contributed by atoms with E-state index >= 15 is 0 Å². The van der Waals surface area contributed by atoms with Crippen LogP contribution in [0.15, 0.2) is 0 Å². The van der Waals surface area contributed by atoms with Crippen molar-refractivity contribution in [3.8, 4) is 0 Å². The molecule has 0 spiro atoms. The van der Waals surface area contributed by atoms with Gasteiger partial charge in [-0.1, -0.05) is 53.4 Å². The van der Waals surface area contributed by atoms with E-state index in [1.54, 1.807) is 0 Å². The van der Waals surface area contributed by atoms with Gasteiger partial charge in [0.25, 0.3) is 0 Å². The van der Waals surface area contributed by atoms with Crippen molar-refractivity contribution in [3.63, 3.8) is 0 Å². The summed E-state index contributed by atoms with van der Waals surface area (Å²) in [6, 6.07) is 0. The minimum absolute atomic E-state index is 0. The molecule has 0 aromatic carbocycles. The molecule has 0 aliphatic rings. The maximum atomic E-state index is 6.43. The Hall–Kier alpha value is 0.690. The molecule has 1 nitrogen and oxygen atoms in total. The van der Waals surface area contributed by atoms with Gasteiger partial charge in [-0.05, 0) is 25.2 Å². The van der Waals surface area contributed by atoms with E-state index in [-0.39, 0.29) is 29.5 Å². The Bertz CT molecular complexity index is 132. The van der Waals surface area contributed by atoms with Crippen LogP contribution in [-0.4, -0.2) is 5.54 Å². The van der Waals surface area contributed by atoms with Crippen LogP contribution in [0.1, 0.15) is 72.6 Å². The maximum absolute atomic E-state index is 6.43. The molecule has 0 radical (unpaired) electrons. The van der Waals surface area contributed by atoms with Crippen LogP contribution >= 0.6 is 24.0 Å². The molecule has 0 amide bonds. The highest BCUT2D eigenvalue weighted by molar-refractivity contribution is 14.0. The molecule has 0 fully saturated rings. The zero-order valence-corrected chi connectivity index (χ0v) is 13.3. The van der Waals surface area contributed by atoms with Gasteiger partial charge in [0.2, 0.25) is 0 Å². The van der Waals surface area contributed by atoms with Crippen molar-refractivity contribution in [2.75, 3.05) is 0 Å². The number of hydrogen-bond acceptors (Lipinski definition) is 1. The van der Waals surface area contributed by atoms with E-state index in [2.05, 4.69) is 27.7 Å². The van der Waals surface area contributed by atoms with Crippen molar-refractivity contribution in [1.82, 2.24) is 0 Å². The lowest BCUT2D eigenvalue weighted by atomic mass is 9.76. The summed E-state index contributed by atoms with van der Waals surface area (Å²) in [4.78, 5) is 0. The Morgan fingerprint density at radius 3 is 1.87 bits per heavy atom. The fraction of sp³-hybridized carbons (Fsp3) is 1.00. The topological polar surface area (TPSA) is 26.0 Å². The standard InChI is InChI=1S/C13H29N.HI/c1-5-9-10-11-12(6-2)13(14,7-3)8-4;/h12H,5-11,14H2,1-4H3;1H. The molecule has 15 heavy (non-hydrogen) atoms. The van der Waals surface area contributed by atoms with Crippen molar-refractivity contribution < 1.29 is 0 Å². The van der Waals surface area contributed by atoms with Gasteiger partial charge in [0.05, 0.1) is 0 Å². The fourth-order valence-electron chi connectivity index (χ4n) is 2.37. The molecule has 2 heteroatoms. The number of hydrogen-bond donors (Lipinski definition) is 1. The number of halogens is 1. The Morgan fingerprint density at radius 2 is 1.53 bits per heavy atom. The average molecular weight is 327 g/mol. The van der Waals surface area contributed by atoms with E-state index < -0.39 is 0 Å².